The first kappa shape index (κ1) is 90.5. The van der Waals surface area contributed by atoms with Crippen LogP contribution in [0.3, 0.4) is 0 Å². The van der Waals surface area contributed by atoms with E-state index in [1.807, 2.05) is 4.90 Å². The molecule has 15 aliphatic rings. The van der Waals surface area contributed by atoms with Gasteiger partial charge in [0.1, 0.15) is 134 Å². The van der Waals surface area contributed by atoms with E-state index in [9.17, 15) is 112 Å². The zero-order chi connectivity index (χ0) is 79.1. The van der Waals surface area contributed by atoms with Gasteiger partial charge in [0.2, 0.25) is 0 Å². The molecule has 632 valence electrons. The number of nitrogens with one attached hydrogen (secondary N) is 6. The van der Waals surface area contributed by atoms with E-state index in [1.165, 1.54) is 0 Å². The van der Waals surface area contributed by atoms with Gasteiger partial charge in [0, 0.05) is 77.4 Å². The van der Waals surface area contributed by atoms with E-state index in [4.69, 9.17) is 98.2 Å². The lowest BCUT2D eigenvalue weighted by atomic mass is 9.84. The molecule has 45 heteroatoms. The minimum Gasteiger partial charge on any atom is -0.394 e. The number of ether oxygens (including phenoxy) is 13. The van der Waals surface area contributed by atoms with Crippen LogP contribution in [0.15, 0.2) is 0 Å². The van der Waals surface area contributed by atoms with Crippen molar-refractivity contribution in [2.75, 3.05) is 112 Å². The molecule has 35 atom stereocenters. The highest BCUT2D eigenvalue weighted by molar-refractivity contribution is 7.80. The maximum absolute atomic E-state index is 11.6. The van der Waals surface area contributed by atoms with Crippen molar-refractivity contribution in [1.29, 1.82) is 0 Å². The molecule has 0 saturated carbocycles. The fourth-order valence-corrected chi connectivity index (χ4v) is 15.6. The summed E-state index contributed by atoms with van der Waals surface area (Å²) >= 11 is 17.5. The van der Waals surface area contributed by atoms with Gasteiger partial charge in [-0.05, 0) is 75.2 Å². The van der Waals surface area contributed by atoms with Crippen LogP contribution >= 0.6 is 36.7 Å². The second-order valence-electron chi connectivity index (χ2n) is 28.9. The predicted octanol–water partition coefficient (Wildman–Crippen LogP) is -14.1. The third kappa shape index (κ3) is 22.9. The van der Waals surface area contributed by atoms with E-state index in [2.05, 4.69) is 31.9 Å². The molecule has 0 aromatic heterocycles. The first-order valence-electron chi connectivity index (χ1n) is 36.9. The Morgan fingerprint density at radius 2 is 0.706 bits per heavy atom. The maximum Gasteiger partial charge on any atom is 0.186 e. The summed E-state index contributed by atoms with van der Waals surface area (Å²) < 4.78 is 76.8. The topological polar surface area (TPSA) is 640 Å². The zero-order valence-electron chi connectivity index (χ0n) is 59.7. The first-order chi connectivity index (χ1) is 52.1. The summed E-state index contributed by atoms with van der Waals surface area (Å²) in [4.78, 5) is 1.93. The number of rotatable bonds is 28. The van der Waals surface area contributed by atoms with Crippen LogP contribution in [0.4, 0.5) is 0 Å². The number of thiocarbonyl (C=S) groups is 3. The Balaban J connectivity index is 0.907. The smallest absolute Gasteiger partial charge is 0.186 e. The molecule has 0 spiro atoms. The quantitative estimate of drug-likeness (QED) is 0.0324. The van der Waals surface area contributed by atoms with Crippen LogP contribution in [0.1, 0.15) is 51.4 Å². The highest BCUT2D eigenvalue weighted by atomic mass is 32.1. The molecular formula is C64H113N7O35S3. The molecule has 0 aliphatic carbocycles. The molecule has 15 saturated heterocycles. The third-order valence-corrected chi connectivity index (χ3v) is 22.3. The second-order valence-corrected chi connectivity index (χ2v) is 30.1. The van der Waals surface area contributed by atoms with Crippen molar-refractivity contribution in [1.82, 2.24) is 36.8 Å². The molecule has 0 aromatic carbocycles. The Morgan fingerprint density at radius 3 is 1.11 bits per heavy atom. The molecule has 15 heterocycles. The first-order valence-corrected chi connectivity index (χ1v) is 38.1. The summed E-state index contributed by atoms with van der Waals surface area (Å²) in [7, 11) is 0. The summed E-state index contributed by atoms with van der Waals surface area (Å²) in [6.07, 6.45) is -49.6. The van der Waals surface area contributed by atoms with E-state index in [-0.39, 0.29) is 93.8 Å². The van der Waals surface area contributed by atoms with E-state index >= 15 is 0 Å². The van der Waals surface area contributed by atoms with Gasteiger partial charge in [-0.2, -0.15) is 0 Å². The van der Waals surface area contributed by atoms with Crippen molar-refractivity contribution >= 4 is 52.0 Å². The Hall–Kier alpha value is -2.37. The Labute approximate surface area is 643 Å². The summed E-state index contributed by atoms with van der Waals surface area (Å²) in [5.74, 6) is -1.37. The van der Waals surface area contributed by atoms with Gasteiger partial charge in [-0.3, -0.25) is 4.90 Å². The molecule has 42 nitrogen and oxygen atoms in total. The van der Waals surface area contributed by atoms with E-state index in [0.29, 0.717) is 38.5 Å². The molecule has 0 aromatic rings. The molecule has 0 amide bonds. The van der Waals surface area contributed by atoms with E-state index in [1.54, 1.807) is 0 Å². The Bertz CT molecular complexity index is 2550. The van der Waals surface area contributed by atoms with Gasteiger partial charge in [0.15, 0.2) is 53.1 Å². The van der Waals surface area contributed by atoms with Gasteiger partial charge in [-0.25, -0.2) is 0 Å². The highest BCUT2D eigenvalue weighted by Crippen LogP contribution is 2.38. The number of hydrogen-bond acceptors (Lipinski definition) is 39. The summed E-state index contributed by atoms with van der Waals surface area (Å²) in [5, 5.41) is 257. The van der Waals surface area contributed by atoms with Gasteiger partial charge in [-0.15, -0.1) is 0 Å². The lowest BCUT2D eigenvalue weighted by Crippen LogP contribution is -2.64. The second kappa shape index (κ2) is 42.7. The molecule has 0 radical (unpaired) electrons. The normalized spacial score (nSPS) is 43.7. The predicted molar refractivity (Wildman–Crippen MR) is 376 cm³/mol. The molecule has 15 aliphatic heterocycles. The van der Waals surface area contributed by atoms with Crippen molar-refractivity contribution in [2.24, 2.45) is 11.8 Å². The molecule has 28 N–H and O–H groups in total. The fraction of sp³-hybridized carbons (Fsp3) is 0.953. The van der Waals surface area contributed by atoms with Crippen LogP contribution in [0.25, 0.3) is 0 Å². The van der Waals surface area contributed by atoms with Gasteiger partial charge in [-0.1, -0.05) is 12.8 Å². The average Bonchev–Trinajstić information content (AvgIpc) is 0.780. The summed E-state index contributed by atoms with van der Waals surface area (Å²) in [5.41, 5.74) is -1.85. The van der Waals surface area contributed by atoms with Crippen LogP contribution in [0.5, 0.6) is 0 Å². The van der Waals surface area contributed by atoms with Gasteiger partial charge >= 0.3 is 0 Å². The average molecular weight is 1640 g/mol. The summed E-state index contributed by atoms with van der Waals surface area (Å²) in [6.45, 7) is -4.32. The van der Waals surface area contributed by atoms with Crippen LogP contribution in [0.2, 0.25) is 0 Å². The Kier molecular flexibility index (Phi) is 35.4. The number of nitrogens with zero attached hydrogens (tertiary/aromatic N) is 1. The summed E-state index contributed by atoms with van der Waals surface area (Å²) in [6, 6.07) is 0. The lowest BCUT2D eigenvalue weighted by molar-refractivity contribution is -0.355. The SMILES string of the molecule is OCC1O[C@H]2OCCCCC3C(CNC(=S)NCCN(CCNC(=S)NCC4O[C@H]5OC6C(CO)O[C@@H](OCCCCC4C(O)C5O)C(O)C6O)CCNC(=S)NC(CC[C@@H]4OC(CO)[C@H](O)[C@H](O)C4O)(CO[C@@H]4OC(CO)[C@H](O)[C@H](O)C4O)CO[C@@H]4OC(CO)[C@H](O)[C@H](O)C4O)O[C@@H](OC1C(O)C2O)C(O)C3O. The van der Waals surface area contributed by atoms with Gasteiger partial charge in [0.25, 0.3) is 0 Å². The van der Waals surface area contributed by atoms with Crippen LogP contribution < -0.4 is 31.9 Å². The van der Waals surface area contributed by atoms with Crippen molar-refractivity contribution in [3.8, 4) is 0 Å². The van der Waals surface area contributed by atoms with E-state index in [0.717, 1.165) is 0 Å². The largest absolute Gasteiger partial charge is 0.394 e. The minimum atomic E-state index is -1.96. The van der Waals surface area contributed by atoms with Gasteiger partial charge in [0.05, 0.1) is 82.3 Å². The van der Waals surface area contributed by atoms with Crippen LogP contribution in [-0.4, -0.2) is 452 Å². The Morgan fingerprint density at radius 1 is 0.349 bits per heavy atom. The van der Waals surface area contributed by atoms with Crippen molar-refractivity contribution in [2.45, 2.75) is 259 Å². The fourth-order valence-electron chi connectivity index (χ4n) is 14.9. The van der Waals surface area contributed by atoms with Crippen LogP contribution in [-0.2, 0) is 61.6 Å². The third-order valence-electron chi connectivity index (χ3n) is 21.4. The molecule has 109 heavy (non-hydrogen) atoms. The maximum atomic E-state index is 11.6. The van der Waals surface area contributed by atoms with Crippen molar-refractivity contribution in [3.05, 3.63) is 0 Å². The molecule has 15 fully saturated rings. The zero-order valence-corrected chi connectivity index (χ0v) is 62.2. The number of aliphatic hydroxyl groups excluding tert-OH is 22. The van der Waals surface area contributed by atoms with Crippen molar-refractivity contribution < 1.29 is 174 Å². The lowest BCUT2D eigenvalue weighted by Gasteiger charge is -2.47. The molecular weight excluding hydrogens is 1520 g/mol. The number of aliphatic hydroxyl groups is 22. The number of hydrogen-bond donors (Lipinski definition) is 28. The van der Waals surface area contributed by atoms with Crippen molar-refractivity contribution in [3.63, 3.8) is 0 Å². The van der Waals surface area contributed by atoms with Crippen LogP contribution in [0, 0.1) is 11.8 Å². The minimum absolute atomic E-state index is 0.000253. The molecule has 22 unspecified atom stereocenters. The van der Waals surface area contributed by atoms with E-state index < -0.39 is 266 Å². The standard InChI is InChI=1S/C64H113N7O35S3/c72-19-31-39(80)42(83)38(79)28(98-31)7-8-64(24-96-57-49(90)43(84)40(81)32(20-73)101-57,25-97-58-50(91)44(85)41(82)33(21-74)102-58)70-63(109)67-11-14-71(12-9-65-61(107)68-17-29-26-5-1-3-15-94-55-51(92)45(86)53(34(22-75)103-55)105-59(99-29)47(88)36(26)77)13-10-66-62(108)69-18-30-27-6-2-4-16-95-56-52(93)46(87)54(35(23-76)104-56)106-60(100-30)48(89)37(27)78/h26-60,72-93H,1-25H2,(H2,65,68,107)(H2,66,69,108)(H2,67,70,109)/t26?,27?,28-,29?,30?,31?,32?,33?,34?,35?,36?,37?,38?,39-,40-,41-,42+,43-,44-,45?,46?,47?,48?,49?,50?,51?,52?,53?,54?,55+,56+,57+,58+,59-,60-,64?/m0/s1. The van der Waals surface area contributed by atoms with Gasteiger partial charge < -0.3 is 206 Å². The monoisotopic (exact) mass is 1640 g/mol. The highest BCUT2D eigenvalue weighted by Gasteiger charge is 2.55. The molecule has 15 rings (SSSR count). The molecule has 8 bridgehead atoms.